The quantitative estimate of drug-likeness (QED) is 0.828. The van der Waals surface area contributed by atoms with Crippen molar-refractivity contribution in [3.63, 3.8) is 0 Å². The van der Waals surface area contributed by atoms with Crippen molar-refractivity contribution in [3.05, 3.63) is 29.8 Å². The van der Waals surface area contributed by atoms with E-state index in [1.54, 1.807) is 18.2 Å². The fourth-order valence-electron chi connectivity index (χ4n) is 3.05. The van der Waals surface area contributed by atoms with Crippen LogP contribution in [0.1, 0.15) is 25.8 Å². The lowest BCUT2D eigenvalue weighted by atomic mass is 10.1. The average molecular weight is 326 g/mol. The molecule has 1 fully saturated rings. The van der Waals surface area contributed by atoms with Crippen molar-refractivity contribution in [1.82, 2.24) is 9.62 Å². The molecule has 0 aromatic heterocycles. The number of likely N-dealkylation sites (tertiary alicyclic amines) is 1. The molecule has 0 saturated carbocycles. The first kappa shape index (κ1) is 17.4. The maximum atomic E-state index is 12.2. The largest absolute Gasteiger partial charge is 0.390 e. The summed E-state index contributed by atoms with van der Waals surface area (Å²) in [5, 5.41) is 10.1. The van der Waals surface area contributed by atoms with Gasteiger partial charge in [0.25, 0.3) is 0 Å². The van der Waals surface area contributed by atoms with Crippen molar-refractivity contribution < 1.29 is 13.5 Å². The van der Waals surface area contributed by atoms with E-state index >= 15 is 0 Å². The molecule has 1 aromatic rings. The molecule has 0 radical (unpaired) electrons. The van der Waals surface area contributed by atoms with Crippen LogP contribution in [0, 0.1) is 12.8 Å². The highest BCUT2D eigenvalue weighted by molar-refractivity contribution is 7.89. The van der Waals surface area contributed by atoms with Gasteiger partial charge in [0.1, 0.15) is 0 Å². The van der Waals surface area contributed by atoms with Crippen molar-refractivity contribution in [1.29, 1.82) is 0 Å². The number of hydrogen-bond donors (Lipinski definition) is 2. The summed E-state index contributed by atoms with van der Waals surface area (Å²) in [4.78, 5) is 2.46. The van der Waals surface area contributed by atoms with Crippen molar-refractivity contribution in [2.75, 3.05) is 19.6 Å². The second-order valence-corrected chi connectivity index (χ2v) is 8.23. The van der Waals surface area contributed by atoms with E-state index in [2.05, 4.69) is 23.5 Å². The Balaban J connectivity index is 1.89. The summed E-state index contributed by atoms with van der Waals surface area (Å²) in [5.41, 5.74) is 0.892. The topological polar surface area (TPSA) is 69.6 Å². The number of aliphatic hydroxyl groups is 1. The van der Waals surface area contributed by atoms with Gasteiger partial charge in [0.2, 0.25) is 10.0 Å². The molecule has 1 aliphatic heterocycles. The van der Waals surface area contributed by atoms with E-state index in [9.17, 15) is 13.5 Å². The monoisotopic (exact) mass is 326 g/mol. The minimum absolute atomic E-state index is 0.0356. The number of nitrogens with one attached hydrogen (secondary N) is 1. The van der Waals surface area contributed by atoms with Gasteiger partial charge < -0.3 is 5.11 Å². The van der Waals surface area contributed by atoms with E-state index in [-0.39, 0.29) is 11.4 Å². The zero-order chi connectivity index (χ0) is 16.3. The molecule has 1 saturated heterocycles. The molecule has 2 rings (SSSR count). The van der Waals surface area contributed by atoms with Crippen molar-refractivity contribution in [2.45, 2.75) is 44.2 Å². The molecule has 22 heavy (non-hydrogen) atoms. The van der Waals surface area contributed by atoms with Crippen molar-refractivity contribution in [3.8, 4) is 0 Å². The van der Waals surface area contributed by atoms with Gasteiger partial charge in [0.05, 0.1) is 11.0 Å². The zero-order valence-electron chi connectivity index (χ0n) is 13.5. The Morgan fingerprint density at radius 2 is 2.14 bits per heavy atom. The Morgan fingerprint density at radius 1 is 1.41 bits per heavy atom. The summed E-state index contributed by atoms with van der Waals surface area (Å²) < 4.78 is 26.9. The minimum atomic E-state index is -3.56. The van der Waals surface area contributed by atoms with Crippen LogP contribution in [0.25, 0.3) is 0 Å². The third-order valence-corrected chi connectivity index (χ3v) is 5.59. The van der Waals surface area contributed by atoms with Gasteiger partial charge in [-0.05, 0) is 43.9 Å². The highest BCUT2D eigenvalue weighted by Crippen LogP contribution is 2.22. The number of aryl methyl sites for hydroxylation is 1. The van der Waals surface area contributed by atoms with Gasteiger partial charge in [-0.1, -0.05) is 19.1 Å². The highest BCUT2D eigenvalue weighted by Gasteiger charge is 2.27. The van der Waals surface area contributed by atoms with E-state index in [0.29, 0.717) is 18.5 Å². The Kier molecular flexibility index (Phi) is 5.60. The van der Waals surface area contributed by atoms with Crippen LogP contribution >= 0.6 is 0 Å². The molecule has 124 valence electrons. The average Bonchev–Trinajstić information content (AvgIpc) is 2.75. The van der Waals surface area contributed by atoms with Gasteiger partial charge in [-0.3, -0.25) is 4.90 Å². The lowest BCUT2D eigenvalue weighted by Crippen LogP contribution is -2.41. The fraction of sp³-hybridized carbons (Fsp3) is 0.625. The van der Waals surface area contributed by atoms with Crippen LogP contribution in [-0.4, -0.2) is 50.2 Å². The number of sulfonamides is 1. The van der Waals surface area contributed by atoms with E-state index in [4.69, 9.17) is 0 Å². The van der Waals surface area contributed by atoms with Crippen molar-refractivity contribution in [2.24, 2.45) is 5.92 Å². The van der Waals surface area contributed by atoms with Crippen LogP contribution in [0.3, 0.4) is 0 Å². The van der Waals surface area contributed by atoms with Gasteiger partial charge in [0, 0.05) is 25.7 Å². The van der Waals surface area contributed by atoms with Gasteiger partial charge >= 0.3 is 0 Å². The Labute approximate surface area is 133 Å². The number of nitrogens with zero attached hydrogens (tertiary/aromatic N) is 1. The smallest absolute Gasteiger partial charge is 0.240 e. The minimum Gasteiger partial charge on any atom is -0.390 e. The third-order valence-electron chi connectivity index (χ3n) is 4.17. The highest BCUT2D eigenvalue weighted by atomic mass is 32.2. The van der Waals surface area contributed by atoms with Crippen LogP contribution in [0.15, 0.2) is 29.2 Å². The first-order valence-electron chi connectivity index (χ1n) is 7.76. The molecule has 0 amide bonds. The van der Waals surface area contributed by atoms with Gasteiger partial charge in [-0.2, -0.15) is 0 Å². The second kappa shape index (κ2) is 7.08. The maximum Gasteiger partial charge on any atom is 0.240 e. The number of aliphatic hydroxyl groups excluding tert-OH is 1. The number of rotatable bonds is 6. The molecular formula is C16H26N2O3S. The van der Waals surface area contributed by atoms with Crippen LogP contribution < -0.4 is 4.72 Å². The predicted molar refractivity (Wildman–Crippen MR) is 87.2 cm³/mol. The zero-order valence-corrected chi connectivity index (χ0v) is 14.3. The molecule has 0 aliphatic carbocycles. The second-order valence-electron chi connectivity index (χ2n) is 6.47. The lowest BCUT2D eigenvalue weighted by molar-refractivity contribution is 0.111. The lowest BCUT2D eigenvalue weighted by Gasteiger charge is -2.24. The molecule has 1 aliphatic rings. The van der Waals surface area contributed by atoms with Gasteiger partial charge in [-0.25, -0.2) is 13.1 Å². The van der Waals surface area contributed by atoms with E-state index < -0.39 is 16.1 Å². The molecule has 2 N–H and O–H groups in total. The van der Waals surface area contributed by atoms with Crippen LogP contribution in [0.2, 0.25) is 0 Å². The SMILES string of the molecule is Cc1cccc(S(=O)(=O)NC[C@@H](O)CN2CC(C)CC2C)c1. The van der Waals surface area contributed by atoms with E-state index in [0.717, 1.165) is 18.5 Å². The molecule has 3 atom stereocenters. The Hall–Kier alpha value is -0.950. The van der Waals surface area contributed by atoms with Crippen LogP contribution in [-0.2, 0) is 10.0 Å². The molecular weight excluding hydrogens is 300 g/mol. The molecule has 0 spiro atoms. The molecule has 0 bridgehead atoms. The first-order chi connectivity index (χ1) is 10.3. The molecule has 6 heteroatoms. The summed E-state index contributed by atoms with van der Waals surface area (Å²) >= 11 is 0. The first-order valence-corrected chi connectivity index (χ1v) is 9.24. The van der Waals surface area contributed by atoms with Gasteiger partial charge in [0.15, 0.2) is 0 Å². The molecule has 1 heterocycles. The fourth-order valence-corrected chi connectivity index (χ4v) is 4.22. The summed E-state index contributed by atoms with van der Waals surface area (Å²) in [5.74, 6) is 0.631. The Morgan fingerprint density at radius 3 is 2.73 bits per heavy atom. The molecule has 5 nitrogen and oxygen atoms in total. The molecule has 2 unspecified atom stereocenters. The van der Waals surface area contributed by atoms with E-state index in [1.807, 2.05) is 13.0 Å². The maximum absolute atomic E-state index is 12.2. The number of β-amino-alcohol motifs (C(OH)–C–C–N with tert-alkyl or cyclic N) is 1. The summed E-state index contributed by atoms with van der Waals surface area (Å²) in [6, 6.07) is 7.19. The third kappa shape index (κ3) is 4.52. The Bertz CT molecular complexity index is 603. The summed E-state index contributed by atoms with van der Waals surface area (Å²) in [7, 11) is -3.56. The molecule has 1 aromatic carbocycles. The van der Waals surface area contributed by atoms with E-state index in [1.165, 1.54) is 0 Å². The summed E-state index contributed by atoms with van der Waals surface area (Å²) in [6.45, 7) is 7.69. The normalized spacial score (nSPS) is 24.5. The standard InChI is InChI=1S/C16H26N2O3S/c1-12-5-4-6-16(8-12)22(20,21)17-9-15(19)11-18-10-13(2)7-14(18)3/h4-6,8,13-15,17,19H,7,9-11H2,1-3H3/t13?,14?,15-/m1/s1. The van der Waals surface area contributed by atoms with Gasteiger partial charge in [-0.15, -0.1) is 0 Å². The van der Waals surface area contributed by atoms with Crippen LogP contribution in [0.4, 0.5) is 0 Å². The predicted octanol–water partition coefficient (Wildman–Crippen LogP) is 1.36. The summed E-state index contributed by atoms with van der Waals surface area (Å²) in [6.07, 6.45) is 0.425. The number of benzene rings is 1. The van der Waals surface area contributed by atoms with Crippen LogP contribution in [0.5, 0.6) is 0 Å². The number of hydrogen-bond acceptors (Lipinski definition) is 4. The van der Waals surface area contributed by atoms with Crippen molar-refractivity contribution >= 4 is 10.0 Å².